The van der Waals surface area contributed by atoms with Gasteiger partial charge in [-0.2, -0.15) is 0 Å². The van der Waals surface area contributed by atoms with Crippen LogP contribution in [0.1, 0.15) is 5.56 Å². The number of rotatable bonds is 2. The van der Waals surface area contributed by atoms with Gasteiger partial charge in [0.25, 0.3) is 0 Å². The molecule has 0 aliphatic heterocycles. The molecular formula is C10H9BrO2. The fourth-order valence-electron chi connectivity index (χ4n) is 0.843. The van der Waals surface area contributed by atoms with Crippen molar-refractivity contribution >= 4 is 28.0 Å². The maximum absolute atomic E-state index is 10.7. The predicted molar refractivity (Wildman–Crippen MR) is 55.2 cm³/mol. The molecule has 0 spiro atoms. The highest BCUT2D eigenvalue weighted by molar-refractivity contribution is 9.10. The van der Waals surface area contributed by atoms with E-state index in [1.807, 2.05) is 24.3 Å². The molecule has 0 N–H and O–H groups in total. The summed E-state index contributed by atoms with van der Waals surface area (Å²) in [6.07, 6.45) is 3.10. The van der Waals surface area contributed by atoms with Gasteiger partial charge in [-0.25, -0.2) is 4.79 Å². The number of ether oxygens (including phenoxy) is 1. The smallest absolute Gasteiger partial charge is 0.330 e. The Kier molecular flexibility index (Phi) is 3.71. The maximum Gasteiger partial charge on any atom is 0.330 e. The highest BCUT2D eigenvalue weighted by atomic mass is 79.9. The van der Waals surface area contributed by atoms with Crippen molar-refractivity contribution in [1.82, 2.24) is 0 Å². The third-order valence-corrected chi connectivity index (χ3v) is 1.95. The van der Waals surface area contributed by atoms with Crippen LogP contribution in [0, 0.1) is 0 Å². The Labute approximate surface area is 85.3 Å². The van der Waals surface area contributed by atoms with Crippen LogP contribution in [0.15, 0.2) is 34.8 Å². The Balaban J connectivity index is 2.74. The lowest BCUT2D eigenvalue weighted by Crippen LogP contribution is -1.93. The van der Waals surface area contributed by atoms with Gasteiger partial charge in [0, 0.05) is 10.5 Å². The molecule has 0 saturated heterocycles. The molecule has 68 valence electrons. The Morgan fingerprint density at radius 3 is 2.92 bits per heavy atom. The number of benzene rings is 1. The number of hydrogen-bond donors (Lipinski definition) is 0. The van der Waals surface area contributed by atoms with Crippen molar-refractivity contribution in [2.24, 2.45) is 0 Å². The molecule has 0 saturated carbocycles. The van der Waals surface area contributed by atoms with Crippen LogP contribution >= 0.6 is 15.9 Å². The zero-order valence-electron chi connectivity index (χ0n) is 7.16. The monoisotopic (exact) mass is 240 g/mol. The summed E-state index contributed by atoms with van der Waals surface area (Å²) in [5.74, 6) is -0.347. The van der Waals surface area contributed by atoms with Crippen molar-refractivity contribution < 1.29 is 9.53 Å². The van der Waals surface area contributed by atoms with Crippen molar-refractivity contribution in [3.05, 3.63) is 40.4 Å². The highest BCUT2D eigenvalue weighted by Gasteiger charge is 1.92. The fourth-order valence-corrected chi connectivity index (χ4v) is 1.26. The summed E-state index contributed by atoms with van der Waals surface area (Å²) in [6, 6.07) is 7.65. The first-order valence-corrected chi connectivity index (χ1v) is 4.53. The second-order valence-electron chi connectivity index (χ2n) is 2.41. The Morgan fingerprint density at radius 1 is 1.54 bits per heavy atom. The first kappa shape index (κ1) is 9.99. The number of halogens is 1. The van der Waals surface area contributed by atoms with E-state index in [9.17, 15) is 4.79 Å². The zero-order chi connectivity index (χ0) is 9.68. The number of esters is 1. The van der Waals surface area contributed by atoms with Crippen molar-refractivity contribution in [3.8, 4) is 0 Å². The van der Waals surface area contributed by atoms with Crippen LogP contribution in [0.3, 0.4) is 0 Å². The number of carbonyl (C=O) groups is 1. The molecule has 0 aliphatic carbocycles. The van der Waals surface area contributed by atoms with Crippen LogP contribution in [-0.4, -0.2) is 13.1 Å². The molecule has 1 aromatic carbocycles. The van der Waals surface area contributed by atoms with E-state index >= 15 is 0 Å². The number of methoxy groups -OCH3 is 1. The molecule has 0 aliphatic rings. The molecule has 0 bridgehead atoms. The van der Waals surface area contributed by atoms with Gasteiger partial charge in [0.1, 0.15) is 0 Å². The number of hydrogen-bond acceptors (Lipinski definition) is 2. The molecule has 0 fully saturated rings. The van der Waals surface area contributed by atoms with Crippen LogP contribution in [0.2, 0.25) is 0 Å². The lowest BCUT2D eigenvalue weighted by Gasteiger charge is -1.93. The van der Waals surface area contributed by atoms with Crippen molar-refractivity contribution in [2.45, 2.75) is 0 Å². The van der Waals surface area contributed by atoms with E-state index in [2.05, 4.69) is 20.7 Å². The summed E-state index contributed by atoms with van der Waals surface area (Å²) in [6.45, 7) is 0. The first-order valence-electron chi connectivity index (χ1n) is 3.74. The highest BCUT2D eigenvalue weighted by Crippen LogP contribution is 2.12. The second-order valence-corrected chi connectivity index (χ2v) is 3.33. The largest absolute Gasteiger partial charge is 0.466 e. The van der Waals surface area contributed by atoms with Crippen LogP contribution in [0.25, 0.3) is 6.08 Å². The minimum atomic E-state index is -0.347. The molecule has 13 heavy (non-hydrogen) atoms. The lowest BCUT2D eigenvalue weighted by atomic mass is 10.2. The maximum atomic E-state index is 10.7. The van der Waals surface area contributed by atoms with Gasteiger partial charge in [0.2, 0.25) is 0 Å². The van der Waals surface area contributed by atoms with Crippen LogP contribution in [0.4, 0.5) is 0 Å². The summed E-state index contributed by atoms with van der Waals surface area (Å²) < 4.78 is 5.45. The molecule has 3 heteroatoms. The molecular weight excluding hydrogens is 232 g/mol. The summed E-state index contributed by atoms with van der Waals surface area (Å²) >= 11 is 3.34. The molecule has 0 radical (unpaired) electrons. The SMILES string of the molecule is COC(=O)C=Cc1cccc(Br)c1. The van der Waals surface area contributed by atoms with E-state index < -0.39 is 0 Å². The molecule has 0 heterocycles. The van der Waals surface area contributed by atoms with E-state index in [4.69, 9.17) is 0 Å². The lowest BCUT2D eigenvalue weighted by molar-refractivity contribution is -0.134. The van der Waals surface area contributed by atoms with Crippen molar-refractivity contribution in [3.63, 3.8) is 0 Å². The van der Waals surface area contributed by atoms with Crippen LogP contribution < -0.4 is 0 Å². The van der Waals surface area contributed by atoms with Gasteiger partial charge in [0.15, 0.2) is 0 Å². The Bertz CT molecular complexity index is 331. The normalized spacial score (nSPS) is 10.3. The quantitative estimate of drug-likeness (QED) is 0.587. The first-order chi connectivity index (χ1) is 6.22. The fraction of sp³-hybridized carbons (Fsp3) is 0.100. The van der Waals surface area contributed by atoms with Gasteiger partial charge in [-0.3, -0.25) is 0 Å². The van der Waals surface area contributed by atoms with E-state index in [1.54, 1.807) is 6.08 Å². The standard InChI is InChI=1S/C10H9BrO2/c1-13-10(12)6-5-8-3-2-4-9(11)7-8/h2-7H,1H3. The third-order valence-electron chi connectivity index (χ3n) is 1.46. The van der Waals surface area contributed by atoms with Gasteiger partial charge < -0.3 is 4.74 Å². The molecule has 1 rings (SSSR count). The van der Waals surface area contributed by atoms with Gasteiger partial charge >= 0.3 is 5.97 Å². The average Bonchev–Trinajstić information content (AvgIpc) is 2.14. The van der Waals surface area contributed by atoms with Crippen LogP contribution in [-0.2, 0) is 9.53 Å². The third kappa shape index (κ3) is 3.42. The van der Waals surface area contributed by atoms with E-state index in [0.29, 0.717) is 0 Å². The van der Waals surface area contributed by atoms with Crippen molar-refractivity contribution in [1.29, 1.82) is 0 Å². The van der Waals surface area contributed by atoms with Gasteiger partial charge in [-0.1, -0.05) is 28.1 Å². The average molecular weight is 241 g/mol. The van der Waals surface area contributed by atoms with Gasteiger partial charge in [-0.15, -0.1) is 0 Å². The van der Waals surface area contributed by atoms with E-state index in [0.717, 1.165) is 10.0 Å². The van der Waals surface area contributed by atoms with Gasteiger partial charge in [-0.05, 0) is 23.8 Å². The number of carbonyl (C=O) groups excluding carboxylic acids is 1. The summed E-state index contributed by atoms with van der Waals surface area (Å²) in [5.41, 5.74) is 0.958. The topological polar surface area (TPSA) is 26.3 Å². The van der Waals surface area contributed by atoms with E-state index in [1.165, 1.54) is 13.2 Å². The zero-order valence-corrected chi connectivity index (χ0v) is 8.74. The predicted octanol–water partition coefficient (Wildman–Crippen LogP) is 2.64. The van der Waals surface area contributed by atoms with E-state index in [-0.39, 0.29) is 5.97 Å². The van der Waals surface area contributed by atoms with Gasteiger partial charge in [0.05, 0.1) is 7.11 Å². The molecule has 2 nitrogen and oxygen atoms in total. The molecule has 1 aromatic rings. The molecule has 0 amide bonds. The van der Waals surface area contributed by atoms with Crippen molar-refractivity contribution in [2.75, 3.05) is 7.11 Å². The minimum absolute atomic E-state index is 0.347. The molecule has 0 aromatic heterocycles. The second kappa shape index (κ2) is 4.82. The Hall–Kier alpha value is -1.09. The summed E-state index contributed by atoms with van der Waals surface area (Å²) in [5, 5.41) is 0. The summed E-state index contributed by atoms with van der Waals surface area (Å²) in [4.78, 5) is 10.7. The molecule has 0 unspecified atom stereocenters. The minimum Gasteiger partial charge on any atom is -0.466 e. The molecule has 0 atom stereocenters. The Morgan fingerprint density at radius 2 is 2.31 bits per heavy atom. The summed E-state index contributed by atoms with van der Waals surface area (Å²) in [7, 11) is 1.35. The van der Waals surface area contributed by atoms with Crippen LogP contribution in [0.5, 0.6) is 0 Å².